The Bertz CT molecular complexity index is 530. The van der Waals surface area contributed by atoms with Gasteiger partial charge < -0.3 is 5.32 Å². The summed E-state index contributed by atoms with van der Waals surface area (Å²) in [5.74, 6) is -0.842. The largest absolute Gasteiger partial charge is 0.349 e. The normalized spacial score (nSPS) is 16.6. The van der Waals surface area contributed by atoms with Crippen LogP contribution in [0.3, 0.4) is 0 Å². The second-order valence-electron chi connectivity index (χ2n) is 5.17. The smallest absolute Gasteiger partial charge is 0.254 e. The molecule has 0 radical (unpaired) electrons. The molecule has 4 nitrogen and oxygen atoms in total. The maximum Gasteiger partial charge on any atom is 0.254 e. The Morgan fingerprint density at radius 3 is 2.80 bits per heavy atom. The van der Waals surface area contributed by atoms with Crippen molar-refractivity contribution < 1.29 is 9.18 Å². The lowest BCUT2D eigenvalue weighted by Crippen LogP contribution is -2.44. The number of hydrogen-bond acceptors (Lipinski definition) is 3. The van der Waals surface area contributed by atoms with E-state index in [4.69, 9.17) is 5.26 Å². The summed E-state index contributed by atoms with van der Waals surface area (Å²) in [6, 6.07) is 6.79. The van der Waals surface area contributed by atoms with E-state index in [0.29, 0.717) is 6.54 Å². The number of piperidine rings is 1. The summed E-state index contributed by atoms with van der Waals surface area (Å²) in [6.45, 7) is 3.78. The van der Waals surface area contributed by atoms with Gasteiger partial charge in [0.15, 0.2) is 0 Å². The molecular weight excluding hydrogens is 257 g/mol. The summed E-state index contributed by atoms with van der Waals surface area (Å²) in [5, 5.41) is 11.5. The van der Waals surface area contributed by atoms with E-state index in [2.05, 4.69) is 16.3 Å². The lowest BCUT2D eigenvalue weighted by molar-refractivity contribution is 0.0910. The van der Waals surface area contributed by atoms with Gasteiger partial charge in [-0.1, -0.05) is 6.07 Å². The number of aryl methyl sites for hydroxylation is 1. The highest BCUT2D eigenvalue weighted by atomic mass is 19.1. The van der Waals surface area contributed by atoms with Crippen LogP contribution < -0.4 is 5.32 Å². The average Bonchev–Trinajstić information content (AvgIpc) is 2.41. The van der Waals surface area contributed by atoms with E-state index in [1.807, 2.05) is 0 Å². The molecule has 1 heterocycles. The lowest BCUT2D eigenvalue weighted by atomic mass is 10.0. The number of nitrogens with zero attached hydrogens (tertiary/aromatic N) is 2. The van der Waals surface area contributed by atoms with Gasteiger partial charge in [-0.3, -0.25) is 9.69 Å². The predicted octanol–water partition coefficient (Wildman–Crippen LogP) is 1.85. The molecule has 0 bridgehead atoms. The van der Waals surface area contributed by atoms with Crippen molar-refractivity contribution in [3.05, 3.63) is 35.1 Å². The summed E-state index contributed by atoms with van der Waals surface area (Å²) >= 11 is 0. The Hall–Kier alpha value is -1.93. The van der Waals surface area contributed by atoms with Gasteiger partial charge in [0.2, 0.25) is 0 Å². The van der Waals surface area contributed by atoms with Crippen LogP contribution in [0.25, 0.3) is 0 Å². The average molecular weight is 275 g/mol. The van der Waals surface area contributed by atoms with Crippen LogP contribution in [0.4, 0.5) is 4.39 Å². The molecule has 1 aliphatic heterocycles. The minimum atomic E-state index is -0.482. The highest BCUT2D eigenvalue weighted by Crippen LogP contribution is 2.13. The molecule has 0 unspecified atom stereocenters. The summed E-state index contributed by atoms with van der Waals surface area (Å²) in [6.07, 6.45) is 1.59. The molecule has 1 fully saturated rings. The molecule has 1 aromatic carbocycles. The van der Waals surface area contributed by atoms with Gasteiger partial charge in [-0.2, -0.15) is 5.26 Å². The molecule has 0 atom stereocenters. The van der Waals surface area contributed by atoms with E-state index in [1.54, 1.807) is 13.0 Å². The van der Waals surface area contributed by atoms with Gasteiger partial charge in [-0.15, -0.1) is 0 Å². The molecule has 1 aliphatic rings. The fourth-order valence-electron chi connectivity index (χ4n) is 2.40. The van der Waals surface area contributed by atoms with Crippen LogP contribution in [-0.4, -0.2) is 36.5 Å². The van der Waals surface area contributed by atoms with Gasteiger partial charge in [-0.25, -0.2) is 4.39 Å². The van der Waals surface area contributed by atoms with E-state index >= 15 is 0 Å². The zero-order valence-corrected chi connectivity index (χ0v) is 11.5. The van der Waals surface area contributed by atoms with Crippen molar-refractivity contribution in [3.63, 3.8) is 0 Å². The summed E-state index contributed by atoms with van der Waals surface area (Å²) in [4.78, 5) is 14.1. The van der Waals surface area contributed by atoms with E-state index in [9.17, 15) is 9.18 Å². The number of nitrogens with one attached hydrogen (secondary N) is 1. The molecular formula is C15H18FN3O. The standard InChI is InChI=1S/C15H18FN3O/c1-11-2-3-13(14(16)10-11)15(20)18-12-4-7-19(8-5-12)9-6-17/h2-3,10,12H,4-5,7-9H2,1H3,(H,18,20). The number of carbonyl (C=O) groups is 1. The summed E-state index contributed by atoms with van der Waals surface area (Å²) < 4.78 is 13.7. The second-order valence-corrected chi connectivity index (χ2v) is 5.17. The van der Waals surface area contributed by atoms with E-state index in [-0.39, 0.29) is 17.5 Å². The monoisotopic (exact) mass is 275 g/mol. The first-order valence-corrected chi connectivity index (χ1v) is 6.76. The molecule has 1 aromatic rings. The first-order valence-electron chi connectivity index (χ1n) is 6.76. The molecule has 1 N–H and O–H groups in total. The van der Waals surface area contributed by atoms with Gasteiger partial charge in [0, 0.05) is 19.1 Å². The molecule has 0 spiro atoms. The summed E-state index contributed by atoms with van der Waals surface area (Å²) in [7, 11) is 0. The van der Waals surface area contributed by atoms with Gasteiger partial charge in [0.25, 0.3) is 5.91 Å². The quantitative estimate of drug-likeness (QED) is 0.857. The van der Waals surface area contributed by atoms with Crippen LogP contribution >= 0.6 is 0 Å². The number of halogens is 1. The molecule has 106 valence electrons. The lowest BCUT2D eigenvalue weighted by Gasteiger charge is -2.30. The number of likely N-dealkylation sites (tertiary alicyclic amines) is 1. The molecule has 20 heavy (non-hydrogen) atoms. The fraction of sp³-hybridized carbons (Fsp3) is 0.467. The number of hydrogen-bond donors (Lipinski definition) is 1. The van der Waals surface area contributed by atoms with Crippen LogP contribution in [0.1, 0.15) is 28.8 Å². The van der Waals surface area contributed by atoms with Crippen molar-refractivity contribution in [1.29, 1.82) is 5.26 Å². The number of amides is 1. The van der Waals surface area contributed by atoms with Crippen LogP contribution in [0.2, 0.25) is 0 Å². The minimum absolute atomic E-state index is 0.0538. The zero-order chi connectivity index (χ0) is 14.5. The molecule has 5 heteroatoms. The Kier molecular flexibility index (Phi) is 4.70. The fourth-order valence-corrected chi connectivity index (χ4v) is 2.40. The maximum absolute atomic E-state index is 13.7. The van der Waals surface area contributed by atoms with E-state index in [1.165, 1.54) is 12.1 Å². The van der Waals surface area contributed by atoms with Crippen molar-refractivity contribution in [2.75, 3.05) is 19.6 Å². The number of rotatable bonds is 3. The van der Waals surface area contributed by atoms with Crippen LogP contribution in [0.5, 0.6) is 0 Å². The topological polar surface area (TPSA) is 56.1 Å². The highest BCUT2D eigenvalue weighted by Gasteiger charge is 2.21. The molecule has 0 saturated carbocycles. The van der Waals surface area contributed by atoms with Crippen molar-refractivity contribution in [1.82, 2.24) is 10.2 Å². The van der Waals surface area contributed by atoms with E-state index in [0.717, 1.165) is 31.5 Å². The third-order valence-corrected chi connectivity index (χ3v) is 3.59. The molecule has 0 aliphatic carbocycles. The van der Waals surface area contributed by atoms with Crippen LogP contribution in [-0.2, 0) is 0 Å². The second kappa shape index (κ2) is 6.49. The number of nitriles is 1. The van der Waals surface area contributed by atoms with Crippen LogP contribution in [0.15, 0.2) is 18.2 Å². The van der Waals surface area contributed by atoms with Crippen molar-refractivity contribution >= 4 is 5.91 Å². The first kappa shape index (κ1) is 14.5. The van der Waals surface area contributed by atoms with Gasteiger partial charge >= 0.3 is 0 Å². The highest BCUT2D eigenvalue weighted by molar-refractivity contribution is 5.94. The van der Waals surface area contributed by atoms with Crippen molar-refractivity contribution in [3.8, 4) is 6.07 Å². The van der Waals surface area contributed by atoms with Crippen molar-refractivity contribution in [2.24, 2.45) is 0 Å². The number of benzene rings is 1. The Morgan fingerprint density at radius 2 is 2.20 bits per heavy atom. The van der Waals surface area contributed by atoms with Crippen molar-refractivity contribution in [2.45, 2.75) is 25.8 Å². The molecule has 0 aromatic heterocycles. The zero-order valence-electron chi connectivity index (χ0n) is 11.5. The Balaban J connectivity index is 1.91. The van der Waals surface area contributed by atoms with Gasteiger partial charge in [0.05, 0.1) is 18.2 Å². The Labute approximate surface area is 118 Å². The third kappa shape index (κ3) is 3.55. The molecule has 1 saturated heterocycles. The first-order chi connectivity index (χ1) is 9.60. The Morgan fingerprint density at radius 1 is 1.50 bits per heavy atom. The SMILES string of the molecule is Cc1ccc(C(=O)NC2CCN(CC#N)CC2)c(F)c1. The van der Waals surface area contributed by atoms with Gasteiger partial charge in [-0.05, 0) is 37.5 Å². The molecule has 2 rings (SSSR count). The number of carbonyl (C=O) groups excluding carboxylic acids is 1. The van der Waals surface area contributed by atoms with E-state index < -0.39 is 5.82 Å². The minimum Gasteiger partial charge on any atom is -0.349 e. The molecule has 1 amide bonds. The van der Waals surface area contributed by atoms with Crippen LogP contribution in [0, 0.1) is 24.1 Å². The third-order valence-electron chi connectivity index (χ3n) is 3.59. The van der Waals surface area contributed by atoms with Gasteiger partial charge in [0.1, 0.15) is 5.82 Å². The summed E-state index contributed by atoms with van der Waals surface area (Å²) in [5.41, 5.74) is 0.888. The maximum atomic E-state index is 13.7. The predicted molar refractivity (Wildman–Crippen MR) is 73.7 cm³/mol.